The zero-order valence-corrected chi connectivity index (χ0v) is 20.0. The van der Waals surface area contributed by atoms with Gasteiger partial charge in [-0.05, 0) is 56.2 Å². The van der Waals surface area contributed by atoms with Crippen molar-refractivity contribution in [3.05, 3.63) is 83.7 Å². The van der Waals surface area contributed by atoms with E-state index in [1.165, 1.54) is 18.3 Å². The van der Waals surface area contributed by atoms with Crippen LogP contribution in [0.1, 0.15) is 47.2 Å². The van der Waals surface area contributed by atoms with E-state index in [-0.39, 0.29) is 17.6 Å². The minimum Gasteiger partial charge on any atom is -0.339 e. The van der Waals surface area contributed by atoms with Crippen LogP contribution in [0.25, 0.3) is 27.8 Å². The topological polar surface area (TPSA) is 68.8 Å². The van der Waals surface area contributed by atoms with E-state index in [9.17, 15) is 18.0 Å². The Morgan fingerprint density at radius 1 is 1.05 bits per heavy atom. The molecule has 1 aliphatic heterocycles. The van der Waals surface area contributed by atoms with Crippen LogP contribution in [0.5, 0.6) is 0 Å². The molecule has 0 saturated carbocycles. The number of aromatic nitrogens is 5. The highest BCUT2D eigenvalue weighted by Gasteiger charge is 2.30. The van der Waals surface area contributed by atoms with Gasteiger partial charge in [-0.3, -0.25) is 9.36 Å². The maximum atomic E-state index is 13.9. The molecule has 4 heterocycles. The highest BCUT2D eigenvalue weighted by atomic mass is 19.3. The van der Waals surface area contributed by atoms with Gasteiger partial charge in [-0.1, -0.05) is 18.2 Å². The first kappa shape index (κ1) is 23.2. The Bertz CT molecular complexity index is 1630. The summed E-state index contributed by atoms with van der Waals surface area (Å²) in [4.78, 5) is 24.0. The van der Waals surface area contributed by atoms with Crippen molar-refractivity contribution in [1.29, 1.82) is 0 Å². The van der Waals surface area contributed by atoms with Gasteiger partial charge < -0.3 is 4.90 Å². The minimum atomic E-state index is -2.68. The number of halogens is 3. The monoisotopic (exact) mass is 504 g/mol. The number of para-hydroxylation sites is 2. The quantitative estimate of drug-likeness (QED) is 0.318. The molecular formula is C27H23F3N6O. The lowest BCUT2D eigenvalue weighted by Crippen LogP contribution is -2.38. The molecule has 2 aromatic carbocycles. The van der Waals surface area contributed by atoms with E-state index in [4.69, 9.17) is 0 Å². The van der Waals surface area contributed by atoms with Crippen molar-refractivity contribution in [2.75, 3.05) is 13.1 Å². The molecule has 37 heavy (non-hydrogen) atoms. The van der Waals surface area contributed by atoms with Crippen LogP contribution in [0.4, 0.5) is 13.2 Å². The van der Waals surface area contributed by atoms with E-state index in [2.05, 4.69) is 15.1 Å². The molecule has 0 bridgehead atoms. The number of piperidine rings is 1. The van der Waals surface area contributed by atoms with Crippen molar-refractivity contribution in [3.8, 4) is 5.69 Å². The van der Waals surface area contributed by atoms with Crippen LogP contribution in [0.2, 0.25) is 0 Å². The number of rotatable bonds is 4. The molecule has 0 atom stereocenters. The van der Waals surface area contributed by atoms with E-state index in [1.807, 2.05) is 6.92 Å². The van der Waals surface area contributed by atoms with E-state index < -0.39 is 6.55 Å². The number of fused-ring (bicyclic) bond motifs is 2. The van der Waals surface area contributed by atoms with Crippen LogP contribution in [-0.4, -0.2) is 48.2 Å². The van der Waals surface area contributed by atoms with Crippen molar-refractivity contribution >= 4 is 28.0 Å². The molecule has 0 N–H and O–H groups in total. The average Bonchev–Trinajstić information content (AvgIpc) is 3.46. The highest BCUT2D eigenvalue weighted by Crippen LogP contribution is 2.34. The van der Waals surface area contributed by atoms with Crippen molar-refractivity contribution in [3.63, 3.8) is 0 Å². The molecule has 0 radical (unpaired) electrons. The maximum absolute atomic E-state index is 13.9. The summed E-state index contributed by atoms with van der Waals surface area (Å²) in [5, 5.41) is 5.19. The standard InChI is InChI=1S/C27H23F3N6O/c1-16-21-13-18(15-31-25(21)36(33-16)20-6-4-5-19(28)14-20)26(37)34-11-9-17(10-12-34)24-32-22-7-2-3-8-23(22)35(24)27(29)30/h2-8,13-15,17,27H,9-12H2,1H3. The Labute approximate surface area is 210 Å². The summed E-state index contributed by atoms with van der Waals surface area (Å²) < 4.78 is 44.1. The predicted octanol–water partition coefficient (Wildman–Crippen LogP) is 5.63. The fraction of sp³-hybridized carbons (Fsp3) is 0.259. The lowest BCUT2D eigenvalue weighted by molar-refractivity contribution is 0.0634. The Morgan fingerprint density at radius 3 is 2.59 bits per heavy atom. The van der Waals surface area contributed by atoms with Gasteiger partial charge in [0, 0.05) is 30.6 Å². The number of hydrogen-bond donors (Lipinski definition) is 0. The summed E-state index contributed by atoms with van der Waals surface area (Å²) in [7, 11) is 0. The Balaban J connectivity index is 1.23. The van der Waals surface area contributed by atoms with Crippen LogP contribution in [0.3, 0.4) is 0 Å². The summed E-state index contributed by atoms with van der Waals surface area (Å²) in [5.41, 5.74) is 3.13. The number of carbonyl (C=O) groups excluding carboxylic acids is 1. The summed E-state index contributed by atoms with van der Waals surface area (Å²) in [6, 6.07) is 14.7. The van der Waals surface area contributed by atoms with Gasteiger partial charge in [-0.15, -0.1) is 0 Å². The van der Waals surface area contributed by atoms with Crippen molar-refractivity contribution in [2.45, 2.75) is 32.2 Å². The Morgan fingerprint density at radius 2 is 1.84 bits per heavy atom. The third-order valence-electron chi connectivity index (χ3n) is 6.97. The molecule has 0 unspecified atom stereocenters. The SMILES string of the molecule is Cc1nn(-c2cccc(F)c2)c2ncc(C(=O)N3CCC(c4nc5ccccc5n4C(F)F)CC3)cc12. The molecule has 3 aromatic heterocycles. The van der Waals surface area contributed by atoms with Crippen LogP contribution in [0.15, 0.2) is 60.8 Å². The molecule has 6 rings (SSSR count). The molecule has 188 valence electrons. The second-order valence-corrected chi connectivity index (χ2v) is 9.25. The third-order valence-corrected chi connectivity index (χ3v) is 6.97. The van der Waals surface area contributed by atoms with E-state index >= 15 is 0 Å². The average molecular weight is 505 g/mol. The number of nitrogens with zero attached hydrogens (tertiary/aromatic N) is 6. The van der Waals surface area contributed by atoms with Gasteiger partial charge in [0.15, 0.2) is 5.65 Å². The highest BCUT2D eigenvalue weighted by molar-refractivity contribution is 5.97. The zero-order chi connectivity index (χ0) is 25.7. The number of pyridine rings is 1. The number of alkyl halides is 2. The molecular weight excluding hydrogens is 481 g/mol. The largest absolute Gasteiger partial charge is 0.339 e. The van der Waals surface area contributed by atoms with Crippen molar-refractivity contribution < 1.29 is 18.0 Å². The molecule has 0 aliphatic carbocycles. The number of hydrogen-bond acceptors (Lipinski definition) is 4. The number of amides is 1. The van der Waals surface area contributed by atoms with E-state index in [0.717, 1.165) is 4.57 Å². The second kappa shape index (κ2) is 9.02. The summed E-state index contributed by atoms with van der Waals surface area (Å²) >= 11 is 0. The third kappa shape index (κ3) is 4.02. The predicted molar refractivity (Wildman–Crippen MR) is 132 cm³/mol. The van der Waals surface area contributed by atoms with Crippen molar-refractivity contribution in [2.24, 2.45) is 0 Å². The molecule has 0 spiro atoms. The Kier molecular flexibility index (Phi) is 5.66. The molecule has 1 saturated heterocycles. The first-order valence-corrected chi connectivity index (χ1v) is 12.1. The second-order valence-electron chi connectivity index (χ2n) is 9.25. The van der Waals surface area contributed by atoms with E-state index in [1.54, 1.807) is 52.0 Å². The van der Waals surface area contributed by atoms with Gasteiger partial charge in [-0.25, -0.2) is 19.0 Å². The fourth-order valence-corrected chi connectivity index (χ4v) is 5.13. The smallest absolute Gasteiger partial charge is 0.320 e. The molecule has 1 fully saturated rings. The summed E-state index contributed by atoms with van der Waals surface area (Å²) in [6.45, 7) is -0.0175. The van der Waals surface area contributed by atoms with Gasteiger partial charge in [0.1, 0.15) is 11.6 Å². The first-order valence-electron chi connectivity index (χ1n) is 12.1. The van der Waals surface area contributed by atoms with Gasteiger partial charge in [-0.2, -0.15) is 13.9 Å². The van der Waals surface area contributed by atoms with Gasteiger partial charge in [0.05, 0.1) is 28.0 Å². The van der Waals surface area contributed by atoms with Gasteiger partial charge >= 0.3 is 6.55 Å². The number of carbonyl (C=O) groups is 1. The molecule has 1 aliphatic rings. The number of benzene rings is 2. The molecule has 7 nitrogen and oxygen atoms in total. The van der Waals surface area contributed by atoms with Gasteiger partial charge in [0.25, 0.3) is 5.91 Å². The number of imidazole rings is 1. The molecule has 10 heteroatoms. The minimum absolute atomic E-state index is 0.169. The molecule has 5 aromatic rings. The Hall–Kier alpha value is -4.21. The number of likely N-dealkylation sites (tertiary alicyclic amines) is 1. The first-order chi connectivity index (χ1) is 17.9. The lowest BCUT2D eigenvalue weighted by Gasteiger charge is -2.32. The number of aryl methyl sites for hydroxylation is 1. The fourth-order valence-electron chi connectivity index (χ4n) is 5.13. The normalized spacial score (nSPS) is 14.8. The summed E-state index contributed by atoms with van der Waals surface area (Å²) in [6.07, 6.45) is 2.58. The summed E-state index contributed by atoms with van der Waals surface area (Å²) in [5.74, 6) is -0.351. The molecule has 1 amide bonds. The van der Waals surface area contributed by atoms with E-state index in [0.29, 0.717) is 70.8 Å². The lowest BCUT2D eigenvalue weighted by atomic mass is 9.95. The van der Waals surface area contributed by atoms with Crippen LogP contribution >= 0.6 is 0 Å². The van der Waals surface area contributed by atoms with Gasteiger partial charge in [0.2, 0.25) is 0 Å². The van der Waals surface area contributed by atoms with Crippen LogP contribution < -0.4 is 0 Å². The maximum Gasteiger partial charge on any atom is 0.320 e. The van der Waals surface area contributed by atoms with Crippen LogP contribution in [-0.2, 0) is 0 Å². The van der Waals surface area contributed by atoms with Crippen molar-refractivity contribution in [1.82, 2.24) is 29.2 Å². The zero-order valence-electron chi connectivity index (χ0n) is 20.0. The van der Waals surface area contributed by atoms with Crippen LogP contribution in [0, 0.1) is 12.7 Å².